The number of hydrogen-bond acceptors (Lipinski definition) is 4. The lowest BCUT2D eigenvalue weighted by atomic mass is 10.2. The minimum absolute atomic E-state index is 0.101. The Morgan fingerprint density at radius 2 is 1.73 bits per heavy atom. The highest BCUT2D eigenvalue weighted by molar-refractivity contribution is 5.93. The number of ether oxygens (including phenoxy) is 1. The first-order chi connectivity index (χ1) is 10.5. The summed E-state index contributed by atoms with van der Waals surface area (Å²) in [6, 6.07) is 7.10. The van der Waals surface area contributed by atoms with Gasteiger partial charge in [-0.2, -0.15) is 5.10 Å². The number of amides is 2. The maximum Gasteiger partial charge on any atom is 0.240 e. The second-order valence-corrected chi connectivity index (χ2v) is 4.74. The van der Waals surface area contributed by atoms with E-state index in [1.54, 1.807) is 24.3 Å². The average Bonchev–Trinajstić information content (AvgIpc) is 2.52. The average molecular weight is 305 g/mol. The third kappa shape index (κ3) is 6.88. The molecule has 0 radical (unpaired) electrons. The highest BCUT2D eigenvalue weighted by atomic mass is 16.5. The molecule has 0 aliphatic carbocycles. The molecule has 1 rings (SSSR count). The van der Waals surface area contributed by atoms with Crippen LogP contribution in [-0.2, 0) is 9.59 Å². The minimum Gasteiger partial charge on any atom is -0.494 e. The Hall–Kier alpha value is -2.37. The van der Waals surface area contributed by atoms with Crippen LogP contribution in [0.25, 0.3) is 0 Å². The van der Waals surface area contributed by atoms with Gasteiger partial charge in [0.05, 0.1) is 6.61 Å². The summed E-state index contributed by atoms with van der Waals surface area (Å²) >= 11 is 0. The van der Waals surface area contributed by atoms with Crippen LogP contribution in [0.4, 0.5) is 5.69 Å². The molecule has 0 unspecified atom stereocenters. The molecule has 0 aliphatic rings. The lowest BCUT2D eigenvalue weighted by Gasteiger charge is -2.07. The Labute approximate surface area is 130 Å². The molecule has 2 amide bonds. The molecule has 1 aromatic carbocycles. The summed E-state index contributed by atoms with van der Waals surface area (Å²) in [7, 11) is 0. The van der Waals surface area contributed by atoms with Gasteiger partial charge in [0.25, 0.3) is 0 Å². The molecule has 0 aliphatic heterocycles. The third-order valence-corrected chi connectivity index (χ3v) is 2.91. The molecule has 0 atom stereocenters. The summed E-state index contributed by atoms with van der Waals surface area (Å²) in [5.41, 5.74) is 3.94. The van der Waals surface area contributed by atoms with Crippen LogP contribution >= 0.6 is 0 Å². The summed E-state index contributed by atoms with van der Waals surface area (Å²) in [4.78, 5) is 23.3. The second kappa shape index (κ2) is 9.55. The smallest absolute Gasteiger partial charge is 0.240 e. The van der Waals surface area contributed by atoms with Crippen LogP contribution in [0.3, 0.4) is 0 Å². The van der Waals surface area contributed by atoms with E-state index in [4.69, 9.17) is 4.74 Å². The Balaban J connectivity index is 2.35. The molecule has 22 heavy (non-hydrogen) atoms. The molecule has 6 nitrogen and oxygen atoms in total. The van der Waals surface area contributed by atoms with E-state index >= 15 is 0 Å². The fourth-order valence-electron chi connectivity index (χ4n) is 1.54. The number of rotatable bonds is 8. The Morgan fingerprint density at radius 3 is 2.32 bits per heavy atom. The van der Waals surface area contributed by atoms with Gasteiger partial charge in [-0.25, -0.2) is 5.43 Å². The quantitative estimate of drug-likeness (QED) is 0.572. The molecule has 120 valence electrons. The number of nitrogens with zero attached hydrogens (tertiary/aromatic N) is 1. The second-order valence-electron chi connectivity index (χ2n) is 4.74. The highest BCUT2D eigenvalue weighted by Crippen LogP contribution is 2.15. The zero-order chi connectivity index (χ0) is 16.4. The van der Waals surface area contributed by atoms with Crippen molar-refractivity contribution in [3.05, 3.63) is 24.3 Å². The number of benzene rings is 1. The normalized spacial score (nSPS) is 11.0. The Kier molecular flexibility index (Phi) is 7.67. The van der Waals surface area contributed by atoms with E-state index in [-0.39, 0.29) is 24.7 Å². The van der Waals surface area contributed by atoms with E-state index in [1.165, 1.54) is 0 Å². The standard InChI is InChI=1S/C16H23N3O3/c1-4-12(3)18-19-16(21)11-10-15(20)17-13-6-8-14(9-7-13)22-5-2/h6-9H,4-5,10-11H2,1-3H3,(H,17,20)(H,19,21)/b18-12+. The van der Waals surface area contributed by atoms with Crippen LogP contribution < -0.4 is 15.5 Å². The van der Waals surface area contributed by atoms with Gasteiger partial charge in [-0.05, 0) is 44.5 Å². The van der Waals surface area contributed by atoms with Crippen molar-refractivity contribution in [1.82, 2.24) is 5.43 Å². The van der Waals surface area contributed by atoms with Crippen molar-refractivity contribution in [3.8, 4) is 5.75 Å². The van der Waals surface area contributed by atoms with Crippen LogP contribution in [-0.4, -0.2) is 24.1 Å². The molecular weight excluding hydrogens is 282 g/mol. The van der Waals surface area contributed by atoms with E-state index in [0.29, 0.717) is 12.3 Å². The van der Waals surface area contributed by atoms with Crippen molar-refractivity contribution < 1.29 is 14.3 Å². The summed E-state index contributed by atoms with van der Waals surface area (Å²) in [6.07, 6.45) is 0.988. The molecule has 0 aromatic heterocycles. The van der Waals surface area contributed by atoms with Crippen molar-refractivity contribution in [3.63, 3.8) is 0 Å². The largest absolute Gasteiger partial charge is 0.494 e. The Morgan fingerprint density at radius 1 is 1.09 bits per heavy atom. The predicted octanol–water partition coefficient (Wildman–Crippen LogP) is 2.71. The summed E-state index contributed by atoms with van der Waals surface area (Å²) in [5, 5.41) is 6.64. The van der Waals surface area contributed by atoms with Crippen molar-refractivity contribution in [2.24, 2.45) is 5.10 Å². The fraction of sp³-hybridized carbons (Fsp3) is 0.438. The molecule has 0 saturated carbocycles. The van der Waals surface area contributed by atoms with E-state index in [0.717, 1.165) is 17.9 Å². The number of carbonyl (C=O) groups is 2. The zero-order valence-corrected chi connectivity index (χ0v) is 13.3. The monoisotopic (exact) mass is 305 g/mol. The van der Waals surface area contributed by atoms with Crippen molar-refractivity contribution in [2.75, 3.05) is 11.9 Å². The van der Waals surface area contributed by atoms with Crippen LogP contribution in [0, 0.1) is 0 Å². The SMILES string of the molecule is CCOc1ccc(NC(=O)CCC(=O)N/N=C(\C)CC)cc1. The maximum atomic E-state index is 11.8. The van der Waals surface area contributed by atoms with Crippen molar-refractivity contribution >= 4 is 23.2 Å². The van der Waals surface area contributed by atoms with E-state index < -0.39 is 0 Å². The lowest BCUT2D eigenvalue weighted by Crippen LogP contribution is -2.21. The van der Waals surface area contributed by atoms with Gasteiger partial charge in [-0.3, -0.25) is 9.59 Å². The number of carbonyl (C=O) groups excluding carboxylic acids is 2. The number of anilines is 1. The van der Waals surface area contributed by atoms with Crippen molar-refractivity contribution in [1.29, 1.82) is 0 Å². The minimum atomic E-state index is -0.269. The van der Waals surface area contributed by atoms with Gasteiger partial charge in [0.2, 0.25) is 11.8 Å². The van der Waals surface area contributed by atoms with Gasteiger partial charge >= 0.3 is 0 Å². The van der Waals surface area contributed by atoms with Crippen LogP contribution in [0.15, 0.2) is 29.4 Å². The topological polar surface area (TPSA) is 79.8 Å². The number of hydrogen-bond donors (Lipinski definition) is 2. The van der Waals surface area contributed by atoms with Gasteiger partial charge in [-0.1, -0.05) is 6.92 Å². The summed E-state index contributed by atoms with van der Waals surface area (Å²) < 4.78 is 5.32. The lowest BCUT2D eigenvalue weighted by molar-refractivity contribution is -0.124. The molecular formula is C16H23N3O3. The van der Waals surface area contributed by atoms with Gasteiger partial charge in [0.1, 0.15) is 5.75 Å². The maximum absolute atomic E-state index is 11.8. The van der Waals surface area contributed by atoms with Gasteiger partial charge in [0.15, 0.2) is 0 Å². The first-order valence-electron chi connectivity index (χ1n) is 7.39. The molecule has 1 aromatic rings. The summed E-state index contributed by atoms with van der Waals surface area (Å²) in [6.45, 7) is 6.29. The van der Waals surface area contributed by atoms with Crippen LogP contribution in [0.1, 0.15) is 40.0 Å². The van der Waals surface area contributed by atoms with Crippen LogP contribution in [0.5, 0.6) is 5.75 Å². The highest BCUT2D eigenvalue weighted by Gasteiger charge is 2.07. The predicted molar refractivity (Wildman–Crippen MR) is 87.0 cm³/mol. The molecule has 6 heteroatoms. The first-order valence-corrected chi connectivity index (χ1v) is 7.39. The molecule has 0 spiro atoms. The molecule has 0 saturated heterocycles. The number of nitrogens with one attached hydrogen (secondary N) is 2. The number of hydrazone groups is 1. The van der Waals surface area contributed by atoms with Gasteiger partial charge < -0.3 is 10.1 Å². The van der Waals surface area contributed by atoms with Gasteiger partial charge in [0, 0.05) is 24.2 Å². The first kappa shape index (κ1) is 17.7. The fourth-order valence-corrected chi connectivity index (χ4v) is 1.54. The van der Waals surface area contributed by atoms with Crippen molar-refractivity contribution in [2.45, 2.75) is 40.0 Å². The van der Waals surface area contributed by atoms with Gasteiger partial charge in [-0.15, -0.1) is 0 Å². The van der Waals surface area contributed by atoms with E-state index in [1.807, 2.05) is 20.8 Å². The van der Waals surface area contributed by atoms with E-state index in [9.17, 15) is 9.59 Å². The zero-order valence-electron chi connectivity index (χ0n) is 13.3. The van der Waals surface area contributed by atoms with E-state index in [2.05, 4.69) is 15.8 Å². The summed E-state index contributed by atoms with van der Waals surface area (Å²) in [5.74, 6) is 0.272. The molecule has 2 N–H and O–H groups in total. The third-order valence-electron chi connectivity index (χ3n) is 2.91. The van der Waals surface area contributed by atoms with Crippen LogP contribution in [0.2, 0.25) is 0 Å². The molecule has 0 fully saturated rings. The molecule has 0 bridgehead atoms. The Bertz CT molecular complexity index is 524. The molecule has 0 heterocycles.